The molecule has 2 fully saturated rings. The van der Waals surface area contributed by atoms with Crippen molar-refractivity contribution in [1.82, 2.24) is 14.8 Å². The molecule has 0 saturated carbocycles. The Labute approximate surface area is 199 Å². The fourth-order valence-electron chi connectivity index (χ4n) is 4.23. The number of hydrogen-bond acceptors (Lipinski definition) is 7. The average molecular weight is 495 g/mol. The zero-order valence-corrected chi connectivity index (χ0v) is 19.0. The standard InChI is InChI=1S/C22H21Cl2FN4O4/c1-10(18-13(23)2-3-14(25)19(18)24)33-17-4-11(5-27-22(17)26)12-6-28-29(7-12)15-8-31-21-16(30)9-32-20(15)21/h2-7,10,15-16,20-21,30H,8-9H2,1H3,(H2,26,27). The first-order valence-corrected chi connectivity index (χ1v) is 11.1. The van der Waals surface area contributed by atoms with Gasteiger partial charge in [-0.2, -0.15) is 5.10 Å². The van der Waals surface area contributed by atoms with Crippen LogP contribution < -0.4 is 10.5 Å². The van der Waals surface area contributed by atoms with E-state index in [4.69, 9.17) is 43.1 Å². The molecule has 2 aliphatic rings. The molecule has 5 unspecified atom stereocenters. The van der Waals surface area contributed by atoms with Gasteiger partial charge in [0, 0.05) is 34.1 Å². The van der Waals surface area contributed by atoms with Crippen LogP contribution in [0.2, 0.25) is 10.0 Å². The Kier molecular flexibility index (Phi) is 5.92. The molecule has 2 aliphatic heterocycles. The molecule has 3 N–H and O–H groups in total. The molecule has 5 atom stereocenters. The van der Waals surface area contributed by atoms with Gasteiger partial charge in [0.25, 0.3) is 0 Å². The fraction of sp³-hybridized carbons (Fsp3) is 0.364. The van der Waals surface area contributed by atoms with Crippen molar-refractivity contribution in [3.8, 4) is 16.9 Å². The van der Waals surface area contributed by atoms with Gasteiger partial charge in [-0.3, -0.25) is 4.68 Å². The molecule has 0 bridgehead atoms. The number of benzene rings is 1. The molecule has 11 heteroatoms. The lowest BCUT2D eigenvalue weighted by atomic mass is 10.1. The van der Waals surface area contributed by atoms with E-state index in [9.17, 15) is 9.50 Å². The summed E-state index contributed by atoms with van der Waals surface area (Å²) in [6.45, 7) is 2.35. The van der Waals surface area contributed by atoms with Gasteiger partial charge in [-0.15, -0.1) is 0 Å². The van der Waals surface area contributed by atoms with E-state index >= 15 is 0 Å². The molecule has 33 heavy (non-hydrogen) atoms. The average Bonchev–Trinajstić information content (AvgIpc) is 3.51. The Balaban J connectivity index is 1.38. The highest BCUT2D eigenvalue weighted by atomic mass is 35.5. The minimum atomic E-state index is -0.679. The number of pyridine rings is 1. The van der Waals surface area contributed by atoms with Gasteiger partial charge in [-0.1, -0.05) is 23.2 Å². The highest BCUT2D eigenvalue weighted by Crippen LogP contribution is 2.38. The molecule has 4 heterocycles. The first-order chi connectivity index (χ1) is 15.8. The maximum absolute atomic E-state index is 13.9. The van der Waals surface area contributed by atoms with Gasteiger partial charge in [-0.05, 0) is 25.1 Å². The van der Waals surface area contributed by atoms with E-state index in [1.807, 2.05) is 6.20 Å². The predicted octanol–water partition coefficient (Wildman–Crippen LogP) is 3.81. The third kappa shape index (κ3) is 4.04. The van der Waals surface area contributed by atoms with Gasteiger partial charge in [-0.25, -0.2) is 9.37 Å². The lowest BCUT2D eigenvalue weighted by molar-refractivity contribution is 0.0169. The van der Waals surface area contributed by atoms with Crippen LogP contribution in [0.15, 0.2) is 36.8 Å². The van der Waals surface area contributed by atoms with E-state index in [1.54, 1.807) is 30.1 Å². The molecule has 0 aliphatic carbocycles. The normalized spacial score (nSPS) is 25.2. The van der Waals surface area contributed by atoms with Crippen molar-refractivity contribution < 1.29 is 23.7 Å². The number of nitrogen functional groups attached to an aromatic ring is 1. The first-order valence-electron chi connectivity index (χ1n) is 10.3. The second-order valence-corrected chi connectivity index (χ2v) is 8.85. The summed E-state index contributed by atoms with van der Waals surface area (Å²) >= 11 is 12.3. The molecular formula is C22H21Cl2FN4O4. The van der Waals surface area contributed by atoms with E-state index < -0.39 is 18.0 Å². The quantitative estimate of drug-likeness (QED) is 0.519. The van der Waals surface area contributed by atoms with E-state index in [0.29, 0.717) is 17.9 Å². The number of nitrogens with two attached hydrogens (primary N) is 1. The fourth-order valence-corrected chi connectivity index (χ4v) is 4.90. The molecule has 8 nitrogen and oxygen atoms in total. The van der Waals surface area contributed by atoms with Crippen molar-refractivity contribution in [2.24, 2.45) is 0 Å². The summed E-state index contributed by atoms with van der Waals surface area (Å²) in [6, 6.07) is 4.21. The number of aromatic nitrogens is 3. The molecule has 174 valence electrons. The zero-order chi connectivity index (χ0) is 23.3. The van der Waals surface area contributed by atoms with Crippen LogP contribution in [0.4, 0.5) is 10.2 Å². The van der Waals surface area contributed by atoms with E-state index in [-0.39, 0.29) is 40.7 Å². The second-order valence-electron chi connectivity index (χ2n) is 8.06. The number of anilines is 1. The number of halogens is 3. The van der Waals surface area contributed by atoms with Crippen molar-refractivity contribution in [3.63, 3.8) is 0 Å². The van der Waals surface area contributed by atoms with E-state index in [0.717, 1.165) is 11.1 Å². The van der Waals surface area contributed by atoms with Crippen LogP contribution in [0.5, 0.6) is 5.75 Å². The molecule has 3 aromatic rings. The maximum Gasteiger partial charge on any atom is 0.166 e. The minimum absolute atomic E-state index is 0.102. The number of ether oxygens (including phenoxy) is 3. The van der Waals surface area contributed by atoms with Crippen molar-refractivity contribution in [2.45, 2.75) is 37.4 Å². The van der Waals surface area contributed by atoms with Crippen molar-refractivity contribution in [1.29, 1.82) is 0 Å². The summed E-state index contributed by atoms with van der Waals surface area (Å²) in [6.07, 6.45) is 3.26. The monoisotopic (exact) mass is 494 g/mol. The number of hydrogen-bond donors (Lipinski definition) is 2. The number of fused-ring (bicyclic) bond motifs is 1. The Hall–Kier alpha value is -2.43. The number of rotatable bonds is 5. The summed E-state index contributed by atoms with van der Waals surface area (Å²) in [5.74, 6) is -0.117. The molecule has 5 rings (SSSR count). The summed E-state index contributed by atoms with van der Waals surface area (Å²) < 4.78 is 33.0. The van der Waals surface area contributed by atoms with Crippen molar-refractivity contribution in [2.75, 3.05) is 18.9 Å². The second kappa shape index (κ2) is 8.73. The highest BCUT2D eigenvalue weighted by Gasteiger charge is 2.48. The van der Waals surface area contributed by atoms with Crippen LogP contribution in [0.3, 0.4) is 0 Å². The van der Waals surface area contributed by atoms with Crippen molar-refractivity contribution >= 4 is 29.0 Å². The maximum atomic E-state index is 13.9. The van der Waals surface area contributed by atoms with E-state index in [2.05, 4.69) is 10.1 Å². The molecule has 0 spiro atoms. The van der Waals surface area contributed by atoms with Gasteiger partial charge in [0.05, 0.1) is 24.4 Å². The van der Waals surface area contributed by atoms with Crippen LogP contribution in [-0.4, -0.2) is 51.4 Å². The summed E-state index contributed by atoms with van der Waals surface area (Å²) in [4.78, 5) is 4.23. The van der Waals surface area contributed by atoms with Gasteiger partial charge in [0.15, 0.2) is 11.6 Å². The SMILES string of the molecule is CC(Oc1cc(-c2cnn(C3COC4C(O)COC43)c2)cnc1N)c1c(Cl)ccc(F)c1Cl. The third-order valence-corrected chi connectivity index (χ3v) is 6.66. The summed E-state index contributed by atoms with van der Waals surface area (Å²) in [5.41, 5.74) is 7.85. The largest absolute Gasteiger partial charge is 0.482 e. The predicted molar refractivity (Wildman–Crippen MR) is 120 cm³/mol. The molecule has 0 amide bonds. The van der Waals surface area contributed by atoms with Crippen LogP contribution in [0.25, 0.3) is 11.1 Å². The van der Waals surface area contributed by atoms with Gasteiger partial charge in [0.2, 0.25) is 0 Å². The van der Waals surface area contributed by atoms with Crippen LogP contribution in [0.1, 0.15) is 24.6 Å². The van der Waals surface area contributed by atoms with E-state index in [1.165, 1.54) is 12.1 Å². The van der Waals surface area contributed by atoms with Gasteiger partial charge >= 0.3 is 0 Å². The lowest BCUT2D eigenvalue weighted by Gasteiger charge is -2.19. The molecule has 2 aromatic heterocycles. The summed E-state index contributed by atoms with van der Waals surface area (Å²) in [5, 5.41) is 14.6. The topological polar surface area (TPSA) is 105 Å². The number of nitrogens with zero attached hydrogens (tertiary/aromatic N) is 3. The Bertz CT molecular complexity index is 1190. The zero-order valence-electron chi connectivity index (χ0n) is 17.5. The third-order valence-electron chi connectivity index (χ3n) is 5.95. The van der Waals surface area contributed by atoms with Crippen LogP contribution in [0, 0.1) is 5.82 Å². The Morgan fingerprint density at radius 2 is 2.00 bits per heavy atom. The van der Waals surface area contributed by atoms with Crippen molar-refractivity contribution in [3.05, 3.63) is 58.2 Å². The first kappa shape index (κ1) is 22.4. The Morgan fingerprint density at radius 3 is 2.82 bits per heavy atom. The number of aliphatic hydroxyl groups excluding tert-OH is 1. The molecular weight excluding hydrogens is 474 g/mol. The van der Waals surface area contributed by atoms with Crippen LogP contribution in [-0.2, 0) is 9.47 Å². The molecule has 0 radical (unpaired) electrons. The van der Waals surface area contributed by atoms with Crippen LogP contribution >= 0.6 is 23.2 Å². The number of aliphatic hydroxyl groups is 1. The Morgan fingerprint density at radius 1 is 1.21 bits per heavy atom. The summed E-state index contributed by atoms with van der Waals surface area (Å²) in [7, 11) is 0. The lowest BCUT2D eigenvalue weighted by Crippen LogP contribution is -2.30. The highest BCUT2D eigenvalue weighted by molar-refractivity contribution is 6.36. The van der Waals surface area contributed by atoms with Gasteiger partial charge < -0.3 is 25.1 Å². The molecule has 2 saturated heterocycles. The molecule has 1 aromatic carbocycles. The minimum Gasteiger partial charge on any atom is -0.482 e. The smallest absolute Gasteiger partial charge is 0.166 e. The van der Waals surface area contributed by atoms with Gasteiger partial charge in [0.1, 0.15) is 36.3 Å².